The molecule has 0 aromatic heterocycles. The van der Waals surface area contributed by atoms with Crippen LogP contribution in [0.2, 0.25) is 0 Å². The summed E-state index contributed by atoms with van der Waals surface area (Å²) in [5, 5.41) is 8.80. The fraction of sp³-hybridized carbons (Fsp3) is 0.923. The second kappa shape index (κ2) is 4.36. The molecule has 0 atom stereocenters. The highest BCUT2D eigenvalue weighted by atomic mass is 16.4. The van der Waals surface area contributed by atoms with E-state index >= 15 is 0 Å². The van der Waals surface area contributed by atoms with Crippen LogP contribution in [0.1, 0.15) is 39.5 Å². The van der Waals surface area contributed by atoms with Crippen molar-refractivity contribution in [2.24, 2.45) is 17.3 Å². The average Bonchev–Trinajstić information content (AvgIpc) is 2.12. The SMILES string of the molecule is CC1(C)CCC(CN2CC(C(=O)O)C2)CC1. The minimum Gasteiger partial charge on any atom is -0.481 e. The van der Waals surface area contributed by atoms with Gasteiger partial charge >= 0.3 is 5.97 Å². The first kappa shape index (κ1) is 11.9. The fourth-order valence-corrected chi connectivity index (χ4v) is 2.88. The van der Waals surface area contributed by atoms with Crippen molar-refractivity contribution in [1.82, 2.24) is 4.90 Å². The van der Waals surface area contributed by atoms with E-state index in [4.69, 9.17) is 5.11 Å². The molecule has 1 N–H and O–H groups in total. The number of hydrogen-bond acceptors (Lipinski definition) is 2. The average molecular weight is 225 g/mol. The van der Waals surface area contributed by atoms with Gasteiger partial charge in [0.2, 0.25) is 0 Å². The number of aliphatic carboxylic acids is 1. The van der Waals surface area contributed by atoms with Crippen molar-refractivity contribution in [1.29, 1.82) is 0 Å². The fourth-order valence-electron chi connectivity index (χ4n) is 2.88. The summed E-state index contributed by atoms with van der Waals surface area (Å²) in [5.74, 6) is 0.0869. The third-order valence-corrected chi connectivity index (χ3v) is 4.28. The second-order valence-electron chi connectivity index (χ2n) is 6.36. The number of rotatable bonds is 3. The normalized spacial score (nSPS) is 27.6. The Bertz CT molecular complexity index is 259. The van der Waals surface area contributed by atoms with Crippen LogP contribution in [0.3, 0.4) is 0 Å². The number of likely N-dealkylation sites (tertiary alicyclic amines) is 1. The van der Waals surface area contributed by atoms with Crippen molar-refractivity contribution in [3.8, 4) is 0 Å². The molecule has 1 heterocycles. The molecule has 0 spiro atoms. The van der Waals surface area contributed by atoms with Crippen molar-refractivity contribution in [2.45, 2.75) is 39.5 Å². The Labute approximate surface area is 97.8 Å². The van der Waals surface area contributed by atoms with E-state index in [9.17, 15) is 4.79 Å². The van der Waals surface area contributed by atoms with Crippen LogP contribution in [-0.4, -0.2) is 35.6 Å². The zero-order valence-electron chi connectivity index (χ0n) is 10.4. The minimum atomic E-state index is -0.624. The van der Waals surface area contributed by atoms with Crippen molar-refractivity contribution < 1.29 is 9.90 Å². The number of carboxylic acids is 1. The lowest BCUT2D eigenvalue weighted by Gasteiger charge is -2.42. The maximum atomic E-state index is 10.7. The summed E-state index contributed by atoms with van der Waals surface area (Å²) in [6.45, 7) is 7.38. The second-order valence-corrected chi connectivity index (χ2v) is 6.36. The van der Waals surface area contributed by atoms with Crippen molar-refractivity contribution in [3.05, 3.63) is 0 Å². The Morgan fingerprint density at radius 2 is 1.88 bits per heavy atom. The lowest BCUT2D eigenvalue weighted by molar-refractivity contribution is -0.147. The summed E-state index contributed by atoms with van der Waals surface area (Å²) in [6.07, 6.45) is 5.30. The molecule has 2 fully saturated rings. The van der Waals surface area contributed by atoms with Gasteiger partial charge in [0.05, 0.1) is 5.92 Å². The van der Waals surface area contributed by atoms with Gasteiger partial charge in [0.25, 0.3) is 0 Å². The maximum Gasteiger partial charge on any atom is 0.309 e. The van der Waals surface area contributed by atoms with Crippen LogP contribution in [0.4, 0.5) is 0 Å². The van der Waals surface area contributed by atoms with Crippen LogP contribution in [0, 0.1) is 17.3 Å². The van der Waals surface area contributed by atoms with Gasteiger partial charge in [-0.05, 0) is 37.0 Å². The van der Waals surface area contributed by atoms with E-state index in [1.54, 1.807) is 0 Å². The summed E-state index contributed by atoms with van der Waals surface area (Å²) in [7, 11) is 0. The van der Waals surface area contributed by atoms with Gasteiger partial charge in [0, 0.05) is 19.6 Å². The predicted molar refractivity (Wildman–Crippen MR) is 63.3 cm³/mol. The van der Waals surface area contributed by atoms with Gasteiger partial charge < -0.3 is 10.0 Å². The topological polar surface area (TPSA) is 40.5 Å². The standard InChI is InChI=1S/C13H23NO2/c1-13(2)5-3-10(4-6-13)7-14-8-11(9-14)12(15)16/h10-11H,3-9H2,1-2H3,(H,15,16). The van der Waals surface area contributed by atoms with Gasteiger partial charge in [-0.25, -0.2) is 0 Å². The molecule has 3 nitrogen and oxygen atoms in total. The number of hydrogen-bond donors (Lipinski definition) is 1. The largest absolute Gasteiger partial charge is 0.481 e. The van der Waals surface area contributed by atoms with Crippen LogP contribution >= 0.6 is 0 Å². The minimum absolute atomic E-state index is 0.0972. The monoisotopic (exact) mass is 225 g/mol. The first-order valence-corrected chi connectivity index (χ1v) is 6.41. The molecule has 0 unspecified atom stereocenters. The number of carbonyl (C=O) groups is 1. The van der Waals surface area contributed by atoms with Crippen molar-refractivity contribution in [2.75, 3.05) is 19.6 Å². The Morgan fingerprint density at radius 3 is 2.38 bits per heavy atom. The predicted octanol–water partition coefficient (Wildman–Crippen LogP) is 2.22. The van der Waals surface area contributed by atoms with Gasteiger partial charge in [-0.3, -0.25) is 4.79 Å². The molecule has 3 heteroatoms. The van der Waals surface area contributed by atoms with Crippen molar-refractivity contribution >= 4 is 5.97 Å². The van der Waals surface area contributed by atoms with E-state index in [2.05, 4.69) is 18.7 Å². The highest BCUT2D eigenvalue weighted by molar-refractivity contribution is 5.71. The lowest BCUT2D eigenvalue weighted by atomic mass is 9.73. The number of nitrogens with zero attached hydrogens (tertiary/aromatic N) is 1. The van der Waals surface area contributed by atoms with Gasteiger partial charge in [-0.2, -0.15) is 0 Å². The molecule has 92 valence electrons. The van der Waals surface area contributed by atoms with E-state index in [0.29, 0.717) is 5.41 Å². The molecule has 16 heavy (non-hydrogen) atoms. The summed E-state index contributed by atoms with van der Waals surface area (Å²) in [5.41, 5.74) is 0.537. The first-order valence-electron chi connectivity index (χ1n) is 6.41. The lowest BCUT2D eigenvalue weighted by Crippen LogP contribution is -2.52. The van der Waals surface area contributed by atoms with Gasteiger partial charge in [-0.1, -0.05) is 13.8 Å². The maximum absolute atomic E-state index is 10.7. The van der Waals surface area contributed by atoms with Crippen LogP contribution < -0.4 is 0 Å². The highest BCUT2D eigenvalue weighted by Gasteiger charge is 2.35. The zero-order chi connectivity index (χ0) is 11.8. The van der Waals surface area contributed by atoms with Gasteiger partial charge in [0.1, 0.15) is 0 Å². The third-order valence-electron chi connectivity index (χ3n) is 4.28. The highest BCUT2D eigenvalue weighted by Crippen LogP contribution is 2.38. The molecule has 0 bridgehead atoms. The molecule has 1 aliphatic carbocycles. The summed E-state index contributed by atoms with van der Waals surface area (Å²) < 4.78 is 0. The van der Waals surface area contributed by atoms with E-state index in [1.807, 2.05) is 0 Å². The molecule has 1 aliphatic heterocycles. The summed E-state index contributed by atoms with van der Waals surface area (Å²) in [6, 6.07) is 0. The third kappa shape index (κ3) is 2.76. The Morgan fingerprint density at radius 1 is 1.31 bits per heavy atom. The molecule has 2 rings (SSSR count). The van der Waals surface area contributed by atoms with Crippen molar-refractivity contribution in [3.63, 3.8) is 0 Å². The molecule has 0 aromatic rings. The summed E-state index contributed by atoms with van der Waals surface area (Å²) in [4.78, 5) is 13.0. The Balaban J connectivity index is 1.67. The quantitative estimate of drug-likeness (QED) is 0.800. The van der Waals surface area contributed by atoms with Crippen LogP contribution in [0.25, 0.3) is 0 Å². The number of carboxylic acid groups (broad SMARTS) is 1. The molecule has 1 saturated carbocycles. The van der Waals surface area contributed by atoms with Crippen LogP contribution in [0.5, 0.6) is 0 Å². The molecule has 0 aromatic carbocycles. The molecule has 0 radical (unpaired) electrons. The van der Waals surface area contributed by atoms with Gasteiger partial charge in [-0.15, -0.1) is 0 Å². The molecule has 0 amide bonds. The molecular formula is C13H23NO2. The van der Waals surface area contributed by atoms with Gasteiger partial charge in [0.15, 0.2) is 0 Å². The Kier molecular flexibility index (Phi) is 3.24. The molecule has 1 saturated heterocycles. The molecular weight excluding hydrogens is 202 g/mol. The van der Waals surface area contributed by atoms with Crippen LogP contribution in [-0.2, 0) is 4.79 Å². The van der Waals surface area contributed by atoms with E-state index < -0.39 is 5.97 Å². The summed E-state index contributed by atoms with van der Waals surface area (Å²) >= 11 is 0. The van der Waals surface area contributed by atoms with E-state index in [-0.39, 0.29) is 5.92 Å². The molecule has 2 aliphatic rings. The zero-order valence-corrected chi connectivity index (χ0v) is 10.4. The first-order chi connectivity index (χ1) is 7.46. The Hall–Kier alpha value is -0.570. The van der Waals surface area contributed by atoms with E-state index in [0.717, 1.165) is 25.6 Å². The van der Waals surface area contributed by atoms with Crippen LogP contribution in [0.15, 0.2) is 0 Å². The van der Waals surface area contributed by atoms with E-state index in [1.165, 1.54) is 25.7 Å². The smallest absolute Gasteiger partial charge is 0.309 e.